The van der Waals surface area contributed by atoms with E-state index in [0.29, 0.717) is 0 Å². The number of benzene rings is 2. The number of rotatable bonds is 4. The minimum Gasteiger partial charge on any atom is -0.392 e. The van der Waals surface area contributed by atoms with Crippen molar-refractivity contribution in [3.05, 3.63) is 71.4 Å². The van der Waals surface area contributed by atoms with Crippen LogP contribution in [0.5, 0.6) is 0 Å². The maximum absolute atomic E-state index is 13.0. The maximum atomic E-state index is 13.0. The fraction of sp³-hybridized carbons (Fsp3) is 0.318. The Morgan fingerprint density at radius 1 is 0.963 bits per heavy atom. The number of para-hydroxylation sites is 1. The van der Waals surface area contributed by atoms with Crippen LogP contribution in [0.3, 0.4) is 0 Å². The molecule has 0 bridgehead atoms. The fourth-order valence-electron chi connectivity index (χ4n) is 3.87. The lowest BCUT2D eigenvalue weighted by Crippen LogP contribution is -2.48. The Labute approximate surface area is 159 Å². The second-order valence-electron chi connectivity index (χ2n) is 7.14. The summed E-state index contributed by atoms with van der Waals surface area (Å²) in [4.78, 5) is 17.3. The van der Waals surface area contributed by atoms with E-state index in [1.165, 1.54) is 0 Å². The van der Waals surface area contributed by atoms with Crippen molar-refractivity contribution in [2.75, 3.05) is 26.2 Å². The van der Waals surface area contributed by atoms with Crippen LogP contribution in [0, 0.1) is 0 Å². The van der Waals surface area contributed by atoms with Crippen LogP contribution in [0.15, 0.2) is 54.6 Å². The molecule has 1 N–H and O–H groups in total. The van der Waals surface area contributed by atoms with Crippen LogP contribution in [0.2, 0.25) is 0 Å². The summed E-state index contributed by atoms with van der Waals surface area (Å²) in [5.74, 6) is 0.101. The number of hydrogen-bond acceptors (Lipinski definition) is 3. The van der Waals surface area contributed by atoms with Gasteiger partial charge in [-0.05, 0) is 23.3 Å². The van der Waals surface area contributed by atoms with Crippen LogP contribution < -0.4 is 0 Å². The Morgan fingerprint density at radius 3 is 2.33 bits per heavy atom. The van der Waals surface area contributed by atoms with Crippen LogP contribution >= 0.6 is 0 Å². The Kier molecular flexibility index (Phi) is 4.97. The number of carbonyl (C=O) groups excluding carboxylic acids is 1. The number of carbonyl (C=O) groups is 1. The zero-order valence-corrected chi connectivity index (χ0v) is 15.6. The summed E-state index contributed by atoms with van der Waals surface area (Å²) >= 11 is 0. The van der Waals surface area contributed by atoms with Crippen molar-refractivity contribution in [3.63, 3.8) is 0 Å². The summed E-state index contributed by atoms with van der Waals surface area (Å²) in [7, 11) is 1.96. The second kappa shape index (κ2) is 7.55. The van der Waals surface area contributed by atoms with Crippen molar-refractivity contribution < 1.29 is 9.90 Å². The molecule has 0 radical (unpaired) electrons. The van der Waals surface area contributed by atoms with Gasteiger partial charge in [0.2, 0.25) is 0 Å². The molecule has 2 heterocycles. The number of amides is 1. The summed E-state index contributed by atoms with van der Waals surface area (Å²) in [5.41, 5.74) is 3.97. The van der Waals surface area contributed by atoms with E-state index in [2.05, 4.69) is 11.0 Å². The lowest BCUT2D eigenvalue weighted by atomic mass is 10.1. The fourth-order valence-corrected chi connectivity index (χ4v) is 3.87. The van der Waals surface area contributed by atoms with Crippen LogP contribution in [0.4, 0.5) is 0 Å². The zero-order valence-electron chi connectivity index (χ0n) is 15.6. The molecular weight excluding hydrogens is 338 g/mol. The number of hydrogen-bond donors (Lipinski definition) is 1. The highest BCUT2D eigenvalue weighted by atomic mass is 16.3. The number of nitrogens with zero attached hydrogens (tertiary/aromatic N) is 3. The normalized spacial score (nSPS) is 15.4. The summed E-state index contributed by atoms with van der Waals surface area (Å²) in [5, 5.41) is 10.6. The Balaban J connectivity index is 1.42. The van der Waals surface area contributed by atoms with Gasteiger partial charge in [0, 0.05) is 50.7 Å². The standard InChI is InChI=1S/C22H25N3O2/c1-23-20-9-5-4-6-17(20)14-21(23)22(27)25-12-10-24(11-13-25)15-18-7-2-3-8-19(18)16-26/h2-9,14,26H,10-13,15-16H2,1H3. The summed E-state index contributed by atoms with van der Waals surface area (Å²) in [6.45, 7) is 4.01. The van der Waals surface area contributed by atoms with E-state index in [9.17, 15) is 9.90 Å². The van der Waals surface area contributed by atoms with Gasteiger partial charge >= 0.3 is 0 Å². The molecule has 1 aromatic heterocycles. The average Bonchev–Trinajstić information content (AvgIpc) is 3.05. The minimum atomic E-state index is 0.0652. The topological polar surface area (TPSA) is 48.7 Å². The summed E-state index contributed by atoms with van der Waals surface area (Å²) in [6.07, 6.45) is 0. The van der Waals surface area contributed by atoms with Gasteiger partial charge in [-0.1, -0.05) is 42.5 Å². The third-order valence-corrected chi connectivity index (χ3v) is 5.51. The largest absolute Gasteiger partial charge is 0.392 e. The second-order valence-corrected chi connectivity index (χ2v) is 7.14. The molecule has 2 aromatic carbocycles. The molecule has 0 unspecified atom stereocenters. The quantitative estimate of drug-likeness (QED) is 0.775. The Bertz CT molecular complexity index is 955. The Morgan fingerprint density at radius 2 is 1.63 bits per heavy atom. The molecule has 4 rings (SSSR count). The van der Waals surface area contributed by atoms with Crippen molar-refractivity contribution in [3.8, 4) is 0 Å². The molecule has 1 fully saturated rings. The van der Waals surface area contributed by atoms with Crippen LogP contribution in [-0.2, 0) is 20.2 Å². The van der Waals surface area contributed by atoms with E-state index in [-0.39, 0.29) is 12.5 Å². The molecule has 1 aliphatic heterocycles. The molecule has 0 aliphatic carbocycles. The van der Waals surface area contributed by atoms with Gasteiger partial charge in [-0.3, -0.25) is 9.69 Å². The molecule has 1 aliphatic rings. The van der Waals surface area contributed by atoms with E-state index in [1.807, 2.05) is 65.0 Å². The van der Waals surface area contributed by atoms with Gasteiger partial charge in [0.15, 0.2) is 0 Å². The average molecular weight is 363 g/mol. The molecule has 5 nitrogen and oxygen atoms in total. The van der Waals surface area contributed by atoms with Crippen LogP contribution in [0.1, 0.15) is 21.6 Å². The number of aryl methyl sites for hydroxylation is 1. The molecular formula is C22H25N3O2. The maximum Gasteiger partial charge on any atom is 0.270 e. The monoisotopic (exact) mass is 363 g/mol. The van der Waals surface area contributed by atoms with E-state index < -0.39 is 0 Å². The highest BCUT2D eigenvalue weighted by Gasteiger charge is 2.24. The predicted octanol–water partition coefficient (Wildman–Crippen LogP) is 2.63. The number of aliphatic hydroxyl groups excluding tert-OH is 1. The molecule has 27 heavy (non-hydrogen) atoms. The number of aromatic nitrogens is 1. The minimum absolute atomic E-state index is 0.0652. The number of aliphatic hydroxyl groups is 1. The third kappa shape index (κ3) is 3.48. The van der Waals surface area contributed by atoms with E-state index in [1.54, 1.807) is 0 Å². The van der Waals surface area contributed by atoms with Gasteiger partial charge in [-0.2, -0.15) is 0 Å². The molecule has 0 saturated carbocycles. The van der Waals surface area contributed by atoms with Crippen molar-refractivity contribution in [2.45, 2.75) is 13.2 Å². The highest BCUT2D eigenvalue weighted by Crippen LogP contribution is 2.20. The first kappa shape index (κ1) is 17.8. The van der Waals surface area contributed by atoms with Crippen LogP contribution in [0.25, 0.3) is 10.9 Å². The number of piperazine rings is 1. The van der Waals surface area contributed by atoms with Crippen molar-refractivity contribution in [1.29, 1.82) is 0 Å². The molecule has 0 spiro atoms. The molecule has 1 amide bonds. The molecule has 1 saturated heterocycles. The van der Waals surface area contributed by atoms with E-state index in [0.717, 1.165) is 60.4 Å². The molecule has 140 valence electrons. The number of fused-ring (bicyclic) bond motifs is 1. The highest BCUT2D eigenvalue weighted by molar-refractivity contribution is 5.98. The first-order valence-corrected chi connectivity index (χ1v) is 9.41. The first-order chi connectivity index (χ1) is 13.2. The van der Waals surface area contributed by atoms with Gasteiger partial charge in [0.05, 0.1) is 6.61 Å². The first-order valence-electron chi connectivity index (χ1n) is 9.41. The van der Waals surface area contributed by atoms with E-state index >= 15 is 0 Å². The summed E-state index contributed by atoms with van der Waals surface area (Å²) in [6, 6.07) is 18.1. The van der Waals surface area contributed by atoms with Gasteiger partial charge in [0.1, 0.15) is 5.69 Å². The molecule has 0 atom stereocenters. The zero-order chi connectivity index (χ0) is 18.8. The van der Waals surface area contributed by atoms with Gasteiger partial charge in [0.25, 0.3) is 5.91 Å². The van der Waals surface area contributed by atoms with Gasteiger partial charge < -0.3 is 14.6 Å². The lowest BCUT2D eigenvalue weighted by Gasteiger charge is -2.35. The van der Waals surface area contributed by atoms with Crippen molar-refractivity contribution in [1.82, 2.24) is 14.4 Å². The third-order valence-electron chi connectivity index (χ3n) is 5.51. The molecule has 3 aromatic rings. The SMILES string of the molecule is Cn1c(C(=O)N2CCN(Cc3ccccc3CO)CC2)cc2ccccc21. The van der Waals surface area contributed by atoms with Crippen LogP contribution in [-0.4, -0.2) is 51.6 Å². The Hall–Kier alpha value is -2.63. The lowest BCUT2D eigenvalue weighted by molar-refractivity contribution is 0.0619. The van der Waals surface area contributed by atoms with E-state index in [4.69, 9.17) is 0 Å². The van der Waals surface area contributed by atoms with Crippen molar-refractivity contribution in [2.24, 2.45) is 7.05 Å². The molecule has 5 heteroatoms. The van der Waals surface area contributed by atoms with Gasteiger partial charge in [-0.15, -0.1) is 0 Å². The predicted molar refractivity (Wildman–Crippen MR) is 106 cm³/mol. The summed E-state index contributed by atoms with van der Waals surface area (Å²) < 4.78 is 1.99. The van der Waals surface area contributed by atoms with Crippen molar-refractivity contribution >= 4 is 16.8 Å². The van der Waals surface area contributed by atoms with Gasteiger partial charge in [-0.25, -0.2) is 0 Å². The smallest absolute Gasteiger partial charge is 0.270 e.